The smallest absolute Gasteiger partial charge is 0.274 e. The molecule has 1 amide bonds. The van der Waals surface area contributed by atoms with Crippen LogP contribution in [0.3, 0.4) is 0 Å². The molecule has 2 heterocycles. The Kier molecular flexibility index (Phi) is 7.87. The van der Waals surface area contributed by atoms with Crippen molar-refractivity contribution >= 4 is 30.6 Å². The van der Waals surface area contributed by atoms with Crippen molar-refractivity contribution < 1.29 is 14.3 Å². The van der Waals surface area contributed by atoms with E-state index in [9.17, 15) is 10.1 Å². The van der Waals surface area contributed by atoms with Crippen LogP contribution in [0, 0.1) is 25.2 Å². The van der Waals surface area contributed by atoms with Crippen LogP contribution in [0.25, 0.3) is 10.9 Å². The molecule has 0 saturated carbocycles. The van der Waals surface area contributed by atoms with Crippen molar-refractivity contribution in [3.63, 3.8) is 0 Å². The molecule has 0 fully saturated rings. The molecular formula is C25H33N5O3Si. The number of fused-ring (bicyclic) bond motifs is 1. The maximum atomic E-state index is 12.9. The van der Waals surface area contributed by atoms with Crippen LogP contribution >= 0.6 is 0 Å². The van der Waals surface area contributed by atoms with E-state index in [0.717, 1.165) is 28.2 Å². The molecule has 0 radical (unpaired) electrons. The van der Waals surface area contributed by atoms with E-state index in [4.69, 9.17) is 14.6 Å². The number of carbonyl (C=O) groups excluding carboxylic acids is 1. The lowest BCUT2D eigenvalue weighted by Gasteiger charge is -2.15. The number of nitriles is 1. The molecule has 180 valence electrons. The van der Waals surface area contributed by atoms with Gasteiger partial charge in [-0.3, -0.25) is 4.79 Å². The topological polar surface area (TPSA) is 102 Å². The molecular weight excluding hydrogens is 446 g/mol. The summed E-state index contributed by atoms with van der Waals surface area (Å²) >= 11 is 0. The Morgan fingerprint density at radius 2 is 2.00 bits per heavy atom. The summed E-state index contributed by atoms with van der Waals surface area (Å²) in [7, 11) is 0.478. The van der Waals surface area contributed by atoms with Gasteiger partial charge in [0.05, 0.1) is 22.9 Å². The summed E-state index contributed by atoms with van der Waals surface area (Å²) < 4.78 is 13.3. The lowest BCUT2D eigenvalue weighted by Crippen LogP contribution is -2.22. The Bertz CT molecular complexity index is 1240. The highest BCUT2D eigenvalue weighted by Gasteiger charge is 2.19. The van der Waals surface area contributed by atoms with Gasteiger partial charge >= 0.3 is 0 Å². The molecule has 0 spiro atoms. The first-order valence-corrected chi connectivity index (χ1v) is 15.0. The molecule has 3 aromatic rings. The molecule has 34 heavy (non-hydrogen) atoms. The number of hydrogen-bond acceptors (Lipinski definition) is 6. The molecule has 3 rings (SSSR count). The maximum Gasteiger partial charge on any atom is 0.274 e. The molecule has 0 aliphatic heterocycles. The van der Waals surface area contributed by atoms with E-state index in [1.165, 1.54) is 6.20 Å². The highest BCUT2D eigenvalue weighted by atomic mass is 28.3. The van der Waals surface area contributed by atoms with Gasteiger partial charge in [0.25, 0.3) is 5.91 Å². The second kappa shape index (κ2) is 10.5. The first-order valence-electron chi connectivity index (χ1n) is 11.3. The third kappa shape index (κ3) is 5.70. The number of hydrogen-bond donors (Lipinski definition) is 1. The molecule has 1 aromatic carbocycles. The number of aromatic nitrogens is 3. The number of methoxy groups -OCH3 is 1. The fourth-order valence-corrected chi connectivity index (χ4v) is 4.31. The lowest BCUT2D eigenvalue weighted by atomic mass is 10.0. The van der Waals surface area contributed by atoms with Gasteiger partial charge in [0.1, 0.15) is 18.5 Å². The van der Waals surface area contributed by atoms with Crippen LogP contribution in [-0.4, -0.2) is 42.5 Å². The van der Waals surface area contributed by atoms with Gasteiger partial charge in [0.15, 0.2) is 0 Å². The van der Waals surface area contributed by atoms with Crippen molar-refractivity contribution in [3.8, 4) is 6.07 Å². The van der Waals surface area contributed by atoms with E-state index in [1.54, 1.807) is 14.0 Å². The average Bonchev–Trinajstić information content (AvgIpc) is 3.15. The zero-order valence-electron chi connectivity index (χ0n) is 21.0. The molecule has 8 nitrogen and oxygen atoms in total. The summed E-state index contributed by atoms with van der Waals surface area (Å²) in [6.45, 7) is 13.6. The summed E-state index contributed by atoms with van der Waals surface area (Å²) in [6.07, 6.45) is 1.21. The molecule has 0 aliphatic rings. The number of rotatable bonds is 9. The Morgan fingerprint density at radius 3 is 2.65 bits per heavy atom. The SMILES string of the molecule is COC(C)c1nn(COCC[Si](C)(C)C)c2ccc(NC(=O)c3ncc(C#N)c(C)c3C)cc12. The quantitative estimate of drug-likeness (QED) is 0.335. The summed E-state index contributed by atoms with van der Waals surface area (Å²) in [5.74, 6) is -0.326. The van der Waals surface area contributed by atoms with E-state index in [-0.39, 0.29) is 12.0 Å². The molecule has 1 N–H and O–H groups in total. The third-order valence-corrected chi connectivity index (χ3v) is 7.67. The molecule has 1 atom stereocenters. The van der Waals surface area contributed by atoms with Crippen LogP contribution in [0.15, 0.2) is 24.4 Å². The summed E-state index contributed by atoms with van der Waals surface area (Å²) in [6, 6.07) is 8.85. The Morgan fingerprint density at radius 1 is 1.26 bits per heavy atom. The van der Waals surface area contributed by atoms with Crippen molar-refractivity contribution in [1.29, 1.82) is 5.26 Å². The van der Waals surface area contributed by atoms with Gasteiger partial charge in [-0.15, -0.1) is 0 Å². The number of nitrogens with one attached hydrogen (secondary N) is 1. The zero-order valence-corrected chi connectivity index (χ0v) is 22.0. The second-order valence-corrected chi connectivity index (χ2v) is 15.3. The fraction of sp³-hybridized carbons (Fsp3) is 0.440. The van der Waals surface area contributed by atoms with Crippen LogP contribution in [0.1, 0.15) is 45.9 Å². The number of nitrogens with zero attached hydrogens (tertiary/aromatic N) is 4. The van der Waals surface area contributed by atoms with Gasteiger partial charge < -0.3 is 14.8 Å². The predicted molar refractivity (Wildman–Crippen MR) is 136 cm³/mol. The van der Waals surface area contributed by atoms with Crippen LogP contribution in [-0.2, 0) is 16.2 Å². The van der Waals surface area contributed by atoms with Crippen molar-refractivity contribution in [1.82, 2.24) is 14.8 Å². The van der Waals surface area contributed by atoms with Crippen molar-refractivity contribution in [2.75, 3.05) is 19.0 Å². The highest BCUT2D eigenvalue weighted by Crippen LogP contribution is 2.29. The summed E-state index contributed by atoms with van der Waals surface area (Å²) in [4.78, 5) is 17.1. The van der Waals surface area contributed by atoms with Gasteiger partial charge in [0, 0.05) is 39.1 Å². The van der Waals surface area contributed by atoms with Crippen LogP contribution in [0.4, 0.5) is 5.69 Å². The molecule has 0 bridgehead atoms. The normalized spacial score (nSPS) is 12.5. The lowest BCUT2D eigenvalue weighted by molar-refractivity contribution is 0.0781. The number of anilines is 1. The van der Waals surface area contributed by atoms with Gasteiger partial charge in [0.2, 0.25) is 0 Å². The average molecular weight is 480 g/mol. The number of ether oxygens (including phenoxy) is 2. The fourth-order valence-electron chi connectivity index (χ4n) is 3.56. The van der Waals surface area contributed by atoms with E-state index >= 15 is 0 Å². The number of benzene rings is 1. The number of amides is 1. The standard InChI is InChI=1S/C25H33N5O3Si/c1-16-17(2)23(27-14-19(16)13-26)25(31)28-20-8-9-22-21(12-20)24(18(3)32-4)29-30(22)15-33-10-11-34(5,6)7/h8-9,12,14,18H,10-11,15H2,1-7H3,(H,28,31). The Hall–Kier alpha value is -3.06. The molecule has 0 saturated heterocycles. The monoisotopic (exact) mass is 479 g/mol. The van der Waals surface area contributed by atoms with E-state index in [0.29, 0.717) is 35.8 Å². The minimum Gasteiger partial charge on any atom is -0.375 e. The summed E-state index contributed by atoms with van der Waals surface area (Å²) in [5.41, 5.74) is 4.53. The van der Waals surface area contributed by atoms with Crippen molar-refractivity contribution in [2.45, 2.75) is 59.3 Å². The summed E-state index contributed by atoms with van der Waals surface area (Å²) in [5, 5.41) is 17.7. The molecule has 1 unspecified atom stereocenters. The van der Waals surface area contributed by atoms with Crippen molar-refractivity contribution in [3.05, 3.63) is 52.5 Å². The van der Waals surface area contributed by atoms with E-state index < -0.39 is 8.07 Å². The Labute approximate surface area is 201 Å². The first-order chi connectivity index (χ1) is 16.1. The minimum atomic E-state index is -1.17. The van der Waals surface area contributed by atoms with Crippen LogP contribution in [0.2, 0.25) is 25.7 Å². The maximum absolute atomic E-state index is 12.9. The van der Waals surface area contributed by atoms with Gasteiger partial charge in [-0.25, -0.2) is 9.67 Å². The first kappa shape index (κ1) is 25.6. The van der Waals surface area contributed by atoms with Crippen molar-refractivity contribution in [2.24, 2.45) is 0 Å². The van der Waals surface area contributed by atoms with Gasteiger partial charge in [-0.05, 0) is 56.1 Å². The molecule has 2 aromatic heterocycles. The molecule has 0 aliphatic carbocycles. The number of carbonyl (C=O) groups is 1. The number of pyridine rings is 1. The van der Waals surface area contributed by atoms with Gasteiger partial charge in [-0.2, -0.15) is 10.4 Å². The van der Waals surface area contributed by atoms with E-state index in [1.807, 2.05) is 36.7 Å². The minimum absolute atomic E-state index is 0.221. The van der Waals surface area contributed by atoms with E-state index in [2.05, 4.69) is 36.0 Å². The van der Waals surface area contributed by atoms with Crippen LogP contribution in [0.5, 0.6) is 0 Å². The zero-order chi connectivity index (χ0) is 25.0. The highest BCUT2D eigenvalue weighted by molar-refractivity contribution is 6.76. The predicted octanol–water partition coefficient (Wildman–Crippen LogP) is 5.19. The molecule has 9 heteroatoms. The second-order valence-electron chi connectivity index (χ2n) is 9.68. The van der Waals surface area contributed by atoms with Gasteiger partial charge in [-0.1, -0.05) is 19.6 Å². The largest absolute Gasteiger partial charge is 0.375 e. The third-order valence-electron chi connectivity index (χ3n) is 5.97. The van der Waals surface area contributed by atoms with Crippen LogP contribution < -0.4 is 5.32 Å². The Balaban J connectivity index is 1.87.